The van der Waals surface area contributed by atoms with Crippen LogP contribution >= 0.6 is 0 Å². The molecule has 0 unspecified atom stereocenters. The minimum absolute atomic E-state index is 0.266. The minimum Gasteiger partial charge on any atom is -0.497 e. The van der Waals surface area contributed by atoms with Gasteiger partial charge in [-0.15, -0.1) is 0 Å². The Balaban J connectivity index is 1.54. The summed E-state index contributed by atoms with van der Waals surface area (Å²) in [6.07, 6.45) is 0. The quantitative estimate of drug-likeness (QED) is 0.898. The predicted molar refractivity (Wildman–Crippen MR) is 102 cm³/mol. The molecular weight excluding hydrogens is 316 g/mol. The highest BCUT2D eigenvalue weighted by atomic mass is 16.5. The topological polar surface area (TPSA) is 56.8 Å². The van der Waals surface area contributed by atoms with Crippen molar-refractivity contribution in [1.82, 2.24) is 4.90 Å². The molecule has 0 spiro atoms. The fraction of sp³-hybridized carbons (Fsp3) is 0.316. The number of ether oxygens (including phenoxy) is 1. The maximum atomic E-state index is 12.1. The van der Waals surface area contributed by atoms with Crippen molar-refractivity contribution in [3.8, 4) is 5.75 Å². The second-order valence-corrected chi connectivity index (χ2v) is 6.14. The molecule has 6 nitrogen and oxygen atoms in total. The van der Waals surface area contributed by atoms with Gasteiger partial charge in [-0.2, -0.15) is 0 Å². The molecule has 2 amide bonds. The van der Waals surface area contributed by atoms with Crippen LogP contribution in [0.25, 0.3) is 0 Å². The number of urea groups is 1. The molecule has 0 aliphatic carbocycles. The number of anilines is 3. The number of benzene rings is 2. The third-order valence-electron chi connectivity index (χ3n) is 4.34. The first-order chi connectivity index (χ1) is 12.1. The maximum Gasteiger partial charge on any atom is 0.323 e. The number of carbonyl (C=O) groups is 1. The molecule has 0 bridgehead atoms. The van der Waals surface area contributed by atoms with Gasteiger partial charge in [0, 0.05) is 43.2 Å². The molecular formula is C19H24N4O2. The number of carbonyl (C=O) groups excluding carboxylic acids is 1. The molecule has 0 aromatic heterocycles. The first kappa shape index (κ1) is 17.1. The van der Waals surface area contributed by atoms with E-state index in [0.717, 1.165) is 37.6 Å². The Kier molecular flexibility index (Phi) is 5.40. The third kappa shape index (κ3) is 4.64. The van der Waals surface area contributed by atoms with Gasteiger partial charge in [0.25, 0.3) is 0 Å². The average molecular weight is 340 g/mol. The van der Waals surface area contributed by atoms with Crippen LogP contribution in [0, 0.1) is 0 Å². The smallest absolute Gasteiger partial charge is 0.323 e. The molecule has 2 N–H and O–H groups in total. The highest BCUT2D eigenvalue weighted by molar-refractivity contribution is 5.99. The lowest BCUT2D eigenvalue weighted by Crippen LogP contribution is -2.44. The van der Waals surface area contributed by atoms with Gasteiger partial charge < -0.3 is 25.2 Å². The van der Waals surface area contributed by atoms with Crippen LogP contribution in [-0.2, 0) is 0 Å². The Morgan fingerprint density at radius 3 is 1.92 bits per heavy atom. The van der Waals surface area contributed by atoms with Gasteiger partial charge in [-0.25, -0.2) is 4.79 Å². The summed E-state index contributed by atoms with van der Waals surface area (Å²) < 4.78 is 5.10. The van der Waals surface area contributed by atoms with Gasteiger partial charge in [0.05, 0.1) is 7.11 Å². The summed E-state index contributed by atoms with van der Waals surface area (Å²) in [5, 5.41) is 5.65. The molecule has 1 aliphatic rings. The number of nitrogens with zero attached hydrogens (tertiary/aromatic N) is 2. The lowest BCUT2D eigenvalue weighted by Gasteiger charge is -2.34. The van der Waals surface area contributed by atoms with Crippen LogP contribution in [0.3, 0.4) is 0 Å². The molecule has 0 saturated carbocycles. The number of methoxy groups -OCH3 is 1. The van der Waals surface area contributed by atoms with Gasteiger partial charge in [-0.3, -0.25) is 0 Å². The second-order valence-electron chi connectivity index (χ2n) is 6.14. The fourth-order valence-corrected chi connectivity index (χ4v) is 2.79. The summed E-state index contributed by atoms with van der Waals surface area (Å²) in [5.74, 6) is 0.755. The lowest BCUT2D eigenvalue weighted by atomic mass is 10.2. The van der Waals surface area contributed by atoms with E-state index in [1.165, 1.54) is 5.69 Å². The lowest BCUT2D eigenvalue weighted by molar-refractivity contribution is 0.262. The molecule has 3 rings (SSSR count). The molecule has 25 heavy (non-hydrogen) atoms. The molecule has 1 saturated heterocycles. The van der Waals surface area contributed by atoms with Crippen LogP contribution in [0.4, 0.5) is 21.9 Å². The zero-order chi connectivity index (χ0) is 17.6. The van der Waals surface area contributed by atoms with Crippen molar-refractivity contribution in [1.29, 1.82) is 0 Å². The molecule has 0 atom stereocenters. The summed E-state index contributed by atoms with van der Waals surface area (Å²) in [6.45, 7) is 4.21. The highest BCUT2D eigenvalue weighted by Gasteiger charge is 2.14. The van der Waals surface area contributed by atoms with Crippen LogP contribution in [-0.4, -0.2) is 51.3 Å². The Bertz CT molecular complexity index is 692. The Labute approximate surface area is 148 Å². The molecule has 1 aliphatic heterocycles. The van der Waals surface area contributed by atoms with Crippen molar-refractivity contribution in [3.63, 3.8) is 0 Å². The van der Waals surface area contributed by atoms with Crippen molar-refractivity contribution in [2.45, 2.75) is 0 Å². The summed E-state index contributed by atoms with van der Waals surface area (Å²) in [5.41, 5.74) is 2.67. The van der Waals surface area contributed by atoms with E-state index < -0.39 is 0 Å². The summed E-state index contributed by atoms with van der Waals surface area (Å²) in [4.78, 5) is 16.8. The van der Waals surface area contributed by atoms with Gasteiger partial charge in [0.1, 0.15) is 5.75 Å². The zero-order valence-corrected chi connectivity index (χ0v) is 14.7. The standard InChI is InChI=1S/C19H24N4O2/c1-22-11-13-23(14-12-22)17-7-3-15(4-8-17)20-19(24)21-16-5-9-18(25-2)10-6-16/h3-10H,11-14H2,1-2H3,(H2,20,21,24). The molecule has 2 aromatic rings. The van der Waals surface area contributed by atoms with Gasteiger partial charge in [-0.1, -0.05) is 0 Å². The fourth-order valence-electron chi connectivity index (χ4n) is 2.79. The Morgan fingerprint density at radius 1 is 0.880 bits per heavy atom. The van der Waals surface area contributed by atoms with Crippen LogP contribution in [0.1, 0.15) is 0 Å². The number of hydrogen-bond acceptors (Lipinski definition) is 4. The largest absolute Gasteiger partial charge is 0.497 e. The molecule has 6 heteroatoms. The van der Waals surface area contributed by atoms with E-state index in [9.17, 15) is 4.79 Å². The number of rotatable bonds is 4. The summed E-state index contributed by atoms with van der Waals surface area (Å²) >= 11 is 0. The van der Waals surface area contributed by atoms with Crippen molar-refractivity contribution in [2.24, 2.45) is 0 Å². The van der Waals surface area contributed by atoms with E-state index in [4.69, 9.17) is 4.74 Å². The van der Waals surface area contributed by atoms with Crippen molar-refractivity contribution in [3.05, 3.63) is 48.5 Å². The van der Waals surface area contributed by atoms with Crippen LogP contribution in [0.15, 0.2) is 48.5 Å². The van der Waals surface area contributed by atoms with Crippen LogP contribution in [0.5, 0.6) is 5.75 Å². The first-order valence-electron chi connectivity index (χ1n) is 8.39. The molecule has 1 fully saturated rings. The van der Waals surface area contributed by atoms with E-state index in [-0.39, 0.29) is 6.03 Å². The highest BCUT2D eigenvalue weighted by Crippen LogP contribution is 2.20. The van der Waals surface area contributed by atoms with Gasteiger partial charge >= 0.3 is 6.03 Å². The maximum absolute atomic E-state index is 12.1. The minimum atomic E-state index is -0.266. The average Bonchev–Trinajstić information content (AvgIpc) is 2.64. The van der Waals surface area contributed by atoms with E-state index in [0.29, 0.717) is 5.69 Å². The Morgan fingerprint density at radius 2 is 1.40 bits per heavy atom. The van der Waals surface area contributed by atoms with Crippen LogP contribution < -0.4 is 20.3 Å². The molecule has 132 valence electrons. The molecule has 1 heterocycles. The van der Waals surface area contributed by atoms with E-state index in [1.807, 2.05) is 24.3 Å². The SMILES string of the molecule is COc1ccc(NC(=O)Nc2ccc(N3CCN(C)CC3)cc2)cc1. The normalized spacial score (nSPS) is 14.9. The van der Waals surface area contributed by atoms with Gasteiger partial charge in [0.2, 0.25) is 0 Å². The van der Waals surface area contributed by atoms with Crippen molar-refractivity contribution in [2.75, 3.05) is 55.9 Å². The van der Waals surface area contributed by atoms with Gasteiger partial charge in [-0.05, 0) is 55.6 Å². The van der Waals surface area contributed by atoms with E-state index >= 15 is 0 Å². The second kappa shape index (κ2) is 7.90. The number of amides is 2. The van der Waals surface area contributed by atoms with Crippen molar-refractivity contribution >= 4 is 23.1 Å². The summed E-state index contributed by atoms with van der Waals surface area (Å²) in [6, 6.07) is 14.9. The van der Waals surface area contributed by atoms with Crippen molar-refractivity contribution < 1.29 is 9.53 Å². The number of piperazine rings is 1. The number of likely N-dealkylation sites (N-methyl/N-ethyl adjacent to an activating group) is 1. The zero-order valence-electron chi connectivity index (χ0n) is 14.7. The van der Waals surface area contributed by atoms with E-state index in [1.54, 1.807) is 31.4 Å². The first-order valence-corrected chi connectivity index (χ1v) is 8.39. The van der Waals surface area contributed by atoms with Crippen LogP contribution in [0.2, 0.25) is 0 Å². The van der Waals surface area contributed by atoms with Gasteiger partial charge in [0.15, 0.2) is 0 Å². The molecule has 0 radical (unpaired) electrons. The number of nitrogens with one attached hydrogen (secondary N) is 2. The predicted octanol–water partition coefficient (Wildman–Crippen LogP) is 3.09. The van der Waals surface area contributed by atoms with E-state index in [2.05, 4.69) is 27.5 Å². The monoisotopic (exact) mass is 340 g/mol. The number of hydrogen-bond donors (Lipinski definition) is 2. The molecule has 2 aromatic carbocycles. The third-order valence-corrected chi connectivity index (χ3v) is 4.34. The Hall–Kier alpha value is -2.73. The summed E-state index contributed by atoms with van der Waals surface area (Å²) in [7, 11) is 3.76.